The smallest absolute Gasteiger partial charge is 0.340 e. The van der Waals surface area contributed by atoms with E-state index < -0.39 is 70.6 Å². The van der Waals surface area contributed by atoms with Gasteiger partial charge in [0.1, 0.15) is 11.5 Å². The van der Waals surface area contributed by atoms with E-state index in [0.29, 0.717) is 0 Å². The number of aromatic hydroxyl groups is 2. The summed E-state index contributed by atoms with van der Waals surface area (Å²) in [5, 5.41) is 29.7. The van der Waals surface area contributed by atoms with Gasteiger partial charge in [0, 0.05) is 16.7 Å². The third-order valence-electron chi connectivity index (χ3n) is 5.77. The van der Waals surface area contributed by atoms with Crippen molar-refractivity contribution in [3.05, 3.63) is 70.3 Å². The number of carbonyl (C=O) groups excluding carboxylic acids is 1. The Bertz CT molecular complexity index is 1670. The molecule has 0 aliphatic carbocycles. The van der Waals surface area contributed by atoms with Crippen LogP contribution in [0.25, 0.3) is 0 Å². The topological polar surface area (TPSA) is 222 Å². The number of phenols is 2. The van der Waals surface area contributed by atoms with Crippen LogP contribution in [0.15, 0.2) is 52.3 Å². The van der Waals surface area contributed by atoms with Gasteiger partial charge in [-0.05, 0) is 36.4 Å². The summed E-state index contributed by atoms with van der Waals surface area (Å²) in [5.74, 6) is -6.25. The van der Waals surface area contributed by atoms with Crippen LogP contribution in [0.2, 0.25) is 0 Å². The molecular weight excluding hydrogens is 524 g/mol. The number of aromatic carboxylic acids is 1. The molecule has 2 heterocycles. The summed E-state index contributed by atoms with van der Waals surface area (Å²) in [6.07, 6.45) is 0. The van der Waals surface area contributed by atoms with E-state index in [-0.39, 0.29) is 27.8 Å². The average molecular weight is 536 g/mol. The van der Waals surface area contributed by atoms with Crippen LogP contribution in [0.4, 0.5) is 0 Å². The molecule has 13 nitrogen and oxygen atoms in total. The van der Waals surface area contributed by atoms with Gasteiger partial charge in [0.15, 0.2) is 26.9 Å². The molecule has 0 saturated carbocycles. The number of hydrogen-bond donors (Lipinski definition) is 5. The molecular formula is C21H12O13S2. The molecule has 0 unspecified atom stereocenters. The average Bonchev–Trinajstić information content (AvgIpc) is 3.04. The van der Waals surface area contributed by atoms with Gasteiger partial charge in [-0.2, -0.15) is 16.8 Å². The normalized spacial score (nSPS) is 15.4. The van der Waals surface area contributed by atoms with Gasteiger partial charge in [0.2, 0.25) is 0 Å². The molecule has 5 rings (SSSR count). The lowest BCUT2D eigenvalue weighted by molar-refractivity contribution is 0.0220. The van der Waals surface area contributed by atoms with Crippen molar-refractivity contribution < 1.29 is 60.3 Å². The van der Waals surface area contributed by atoms with Gasteiger partial charge < -0.3 is 24.8 Å². The van der Waals surface area contributed by atoms with E-state index in [1.54, 1.807) is 0 Å². The number of hydrogen-bond acceptors (Lipinski definition) is 10. The Morgan fingerprint density at radius 3 is 1.69 bits per heavy atom. The molecule has 5 N–H and O–H groups in total. The number of ether oxygens (including phenoxy) is 2. The third-order valence-corrected chi connectivity index (χ3v) is 7.59. The van der Waals surface area contributed by atoms with Crippen molar-refractivity contribution in [1.29, 1.82) is 0 Å². The van der Waals surface area contributed by atoms with Crippen LogP contribution in [0.3, 0.4) is 0 Å². The number of phenolic OH excluding ortho intramolecular Hbond substituents is 2. The van der Waals surface area contributed by atoms with Gasteiger partial charge in [-0.3, -0.25) is 9.11 Å². The van der Waals surface area contributed by atoms with Crippen molar-refractivity contribution in [2.24, 2.45) is 0 Å². The van der Waals surface area contributed by atoms with Gasteiger partial charge in [0.05, 0.1) is 11.1 Å². The Morgan fingerprint density at radius 2 is 1.25 bits per heavy atom. The summed E-state index contributed by atoms with van der Waals surface area (Å²) in [5.41, 5.74) is -3.49. The minimum atomic E-state index is -5.26. The van der Waals surface area contributed by atoms with Crippen LogP contribution in [0, 0.1) is 0 Å². The number of carboxylic acid groups (broad SMARTS) is 1. The molecule has 0 bridgehead atoms. The maximum Gasteiger partial charge on any atom is 0.340 e. The summed E-state index contributed by atoms with van der Waals surface area (Å²) in [6, 6.07) is 7.11. The van der Waals surface area contributed by atoms with Crippen LogP contribution >= 0.6 is 0 Å². The predicted octanol–water partition coefficient (Wildman–Crippen LogP) is 1.86. The molecule has 186 valence electrons. The standard InChI is InChI=1S/C21H12O13S2/c22-13-5-3-11-15(17(13)35(27,28)29)33-16-12(4-6-14(23)18(16)36(30,31)32)21(11)10-2-1-8(19(24)25)7-9(10)20(26)34-21/h1-7,22-23H,(H,24,25)(H,27,28,29)(H,30,31,32). The van der Waals surface area contributed by atoms with E-state index in [9.17, 15) is 50.8 Å². The fourth-order valence-corrected chi connectivity index (χ4v) is 5.85. The van der Waals surface area contributed by atoms with E-state index in [1.165, 1.54) is 6.07 Å². The van der Waals surface area contributed by atoms with E-state index >= 15 is 0 Å². The molecule has 15 heteroatoms. The second-order valence-electron chi connectivity index (χ2n) is 7.77. The molecule has 0 amide bonds. The lowest BCUT2D eigenvalue weighted by atomic mass is 9.77. The lowest BCUT2D eigenvalue weighted by Gasteiger charge is -2.37. The number of benzene rings is 3. The van der Waals surface area contributed by atoms with E-state index in [0.717, 1.165) is 36.4 Å². The highest BCUT2D eigenvalue weighted by atomic mass is 32.2. The maximum atomic E-state index is 12.9. The zero-order valence-electron chi connectivity index (χ0n) is 17.4. The second kappa shape index (κ2) is 7.17. The molecule has 36 heavy (non-hydrogen) atoms. The van der Waals surface area contributed by atoms with Gasteiger partial charge in [-0.25, -0.2) is 9.59 Å². The largest absolute Gasteiger partial charge is 0.506 e. The summed E-state index contributed by atoms with van der Waals surface area (Å²) in [6.45, 7) is 0. The molecule has 1 spiro atoms. The maximum absolute atomic E-state index is 12.9. The Labute approximate surface area is 201 Å². The van der Waals surface area contributed by atoms with Crippen LogP contribution in [-0.2, 0) is 30.6 Å². The second-order valence-corrected chi connectivity index (χ2v) is 10.5. The zero-order chi connectivity index (χ0) is 26.4. The number of esters is 1. The van der Waals surface area contributed by atoms with E-state index in [4.69, 9.17) is 9.47 Å². The first-order valence-corrected chi connectivity index (χ1v) is 12.5. The van der Waals surface area contributed by atoms with Gasteiger partial charge in [0.25, 0.3) is 0 Å². The molecule has 0 radical (unpaired) electrons. The molecule has 0 fully saturated rings. The number of rotatable bonds is 3. The van der Waals surface area contributed by atoms with Crippen LogP contribution < -0.4 is 4.74 Å². The highest BCUT2D eigenvalue weighted by Gasteiger charge is 2.56. The van der Waals surface area contributed by atoms with Gasteiger partial charge in [-0.1, -0.05) is 6.07 Å². The molecule has 2 aliphatic rings. The van der Waals surface area contributed by atoms with Crippen molar-refractivity contribution in [3.63, 3.8) is 0 Å². The van der Waals surface area contributed by atoms with Crippen molar-refractivity contribution in [2.75, 3.05) is 0 Å². The fourth-order valence-electron chi connectivity index (χ4n) is 4.41. The quantitative estimate of drug-likeness (QED) is 0.238. The highest BCUT2D eigenvalue weighted by Crippen LogP contribution is 2.60. The monoisotopic (exact) mass is 536 g/mol. The third kappa shape index (κ3) is 3.07. The number of carboxylic acids is 1. The van der Waals surface area contributed by atoms with Crippen LogP contribution in [-0.4, -0.2) is 53.2 Å². The lowest BCUT2D eigenvalue weighted by Crippen LogP contribution is -2.34. The highest BCUT2D eigenvalue weighted by molar-refractivity contribution is 7.86. The molecule has 0 saturated heterocycles. The van der Waals surface area contributed by atoms with Crippen molar-refractivity contribution in [3.8, 4) is 23.0 Å². The van der Waals surface area contributed by atoms with Gasteiger partial charge >= 0.3 is 32.2 Å². The zero-order valence-corrected chi connectivity index (χ0v) is 19.0. The first-order chi connectivity index (χ1) is 16.7. The van der Waals surface area contributed by atoms with E-state index in [2.05, 4.69) is 0 Å². The minimum Gasteiger partial charge on any atom is -0.506 e. The Morgan fingerprint density at radius 1 is 0.778 bits per heavy atom. The molecule has 3 aromatic rings. The Hall–Kier alpha value is -4.18. The Kier molecular flexibility index (Phi) is 4.69. The molecule has 3 aromatic carbocycles. The van der Waals surface area contributed by atoms with Crippen LogP contribution in [0.5, 0.6) is 23.0 Å². The summed E-state index contributed by atoms with van der Waals surface area (Å²) in [4.78, 5) is 21.9. The predicted molar refractivity (Wildman–Crippen MR) is 115 cm³/mol. The van der Waals surface area contributed by atoms with Gasteiger partial charge in [-0.15, -0.1) is 0 Å². The number of fused-ring (bicyclic) bond motifs is 6. The SMILES string of the molecule is O=C(O)c1ccc2c(c1)C(=O)OC21c2ccc(O)c(S(=O)(=O)O)c2Oc2c1ccc(O)c2S(=O)(=O)O. The summed E-state index contributed by atoms with van der Waals surface area (Å²) >= 11 is 0. The summed E-state index contributed by atoms with van der Waals surface area (Å²) in [7, 11) is -10.5. The van der Waals surface area contributed by atoms with Crippen molar-refractivity contribution in [2.45, 2.75) is 15.4 Å². The van der Waals surface area contributed by atoms with Crippen molar-refractivity contribution >= 4 is 32.2 Å². The van der Waals surface area contributed by atoms with Crippen molar-refractivity contribution in [1.82, 2.24) is 0 Å². The first-order valence-electron chi connectivity index (χ1n) is 9.65. The minimum absolute atomic E-state index is 0.0812. The fraction of sp³-hybridized carbons (Fsp3) is 0.0476. The van der Waals surface area contributed by atoms with Crippen LogP contribution in [0.1, 0.15) is 37.4 Å². The molecule has 2 aliphatic heterocycles. The Balaban J connectivity index is 2.00. The first kappa shape index (κ1) is 23.6. The van der Waals surface area contributed by atoms with E-state index in [1.807, 2.05) is 0 Å². The molecule has 0 atom stereocenters. The summed E-state index contributed by atoms with van der Waals surface area (Å²) < 4.78 is 79.2. The number of carbonyl (C=O) groups is 2. The molecule has 0 aromatic heterocycles.